The number of amidine groups is 1. The average Bonchev–Trinajstić information content (AvgIpc) is 2.85. The van der Waals surface area contributed by atoms with E-state index in [1.807, 2.05) is 13.8 Å². The number of rotatable bonds is 8. The molecule has 0 aromatic carbocycles. The van der Waals surface area contributed by atoms with Crippen molar-refractivity contribution in [2.24, 2.45) is 22.2 Å². The van der Waals surface area contributed by atoms with E-state index in [4.69, 9.17) is 10.9 Å². The van der Waals surface area contributed by atoms with Crippen molar-refractivity contribution in [3.05, 3.63) is 0 Å². The Kier molecular flexibility index (Phi) is 6.47. The van der Waals surface area contributed by atoms with Crippen LogP contribution in [-0.4, -0.2) is 24.1 Å². The molecular weight excluding hydrogens is 226 g/mol. The van der Waals surface area contributed by atoms with E-state index in [0.717, 1.165) is 31.8 Å². The summed E-state index contributed by atoms with van der Waals surface area (Å²) in [6.07, 6.45) is 9.05. The van der Waals surface area contributed by atoms with Crippen molar-refractivity contribution < 1.29 is 5.21 Å². The summed E-state index contributed by atoms with van der Waals surface area (Å²) in [5, 5.41) is 15.3. The summed E-state index contributed by atoms with van der Waals surface area (Å²) in [6.45, 7) is 6.19. The van der Waals surface area contributed by atoms with E-state index in [9.17, 15) is 0 Å². The largest absolute Gasteiger partial charge is 0.409 e. The lowest BCUT2D eigenvalue weighted by Crippen LogP contribution is -2.32. The molecule has 0 unspecified atom stereocenters. The van der Waals surface area contributed by atoms with Crippen LogP contribution in [0, 0.1) is 11.3 Å². The van der Waals surface area contributed by atoms with Crippen molar-refractivity contribution in [3.8, 4) is 0 Å². The highest BCUT2D eigenvalue weighted by molar-refractivity contribution is 5.85. The van der Waals surface area contributed by atoms with E-state index in [1.54, 1.807) is 0 Å². The number of nitrogens with two attached hydrogens (primary N) is 1. The van der Waals surface area contributed by atoms with Gasteiger partial charge in [0, 0.05) is 5.41 Å². The van der Waals surface area contributed by atoms with Gasteiger partial charge < -0.3 is 16.3 Å². The molecule has 18 heavy (non-hydrogen) atoms. The van der Waals surface area contributed by atoms with Gasteiger partial charge in [-0.1, -0.05) is 44.7 Å². The molecule has 0 heterocycles. The molecule has 0 aromatic rings. The van der Waals surface area contributed by atoms with Crippen LogP contribution in [0.5, 0.6) is 0 Å². The first-order chi connectivity index (χ1) is 8.56. The molecule has 1 saturated carbocycles. The maximum atomic E-state index is 8.68. The van der Waals surface area contributed by atoms with Gasteiger partial charge in [-0.05, 0) is 38.3 Å². The van der Waals surface area contributed by atoms with Crippen LogP contribution in [0.15, 0.2) is 5.16 Å². The third-order valence-electron chi connectivity index (χ3n) is 4.16. The zero-order valence-electron chi connectivity index (χ0n) is 11.9. The van der Waals surface area contributed by atoms with Crippen LogP contribution in [0.25, 0.3) is 0 Å². The Labute approximate surface area is 111 Å². The summed E-state index contributed by atoms with van der Waals surface area (Å²) in [5.41, 5.74) is 5.45. The third kappa shape index (κ3) is 5.25. The number of nitrogens with zero attached hydrogens (tertiary/aromatic N) is 1. The second kappa shape index (κ2) is 7.62. The first-order valence-corrected chi connectivity index (χ1v) is 7.25. The van der Waals surface area contributed by atoms with Crippen molar-refractivity contribution in [3.63, 3.8) is 0 Å². The third-order valence-corrected chi connectivity index (χ3v) is 4.16. The fraction of sp³-hybridized carbons (Fsp3) is 0.929. The monoisotopic (exact) mass is 255 g/mol. The van der Waals surface area contributed by atoms with Gasteiger partial charge in [0.1, 0.15) is 5.84 Å². The maximum absolute atomic E-state index is 8.68. The van der Waals surface area contributed by atoms with Gasteiger partial charge >= 0.3 is 0 Å². The summed E-state index contributed by atoms with van der Waals surface area (Å²) in [4.78, 5) is 0. The molecule has 4 nitrogen and oxygen atoms in total. The molecule has 0 amide bonds. The number of oxime groups is 1. The first kappa shape index (κ1) is 15.3. The van der Waals surface area contributed by atoms with Gasteiger partial charge in [-0.2, -0.15) is 0 Å². The lowest BCUT2D eigenvalue weighted by Gasteiger charge is -2.22. The Balaban J connectivity index is 2.01. The van der Waals surface area contributed by atoms with E-state index in [1.165, 1.54) is 32.1 Å². The Hall–Kier alpha value is -0.770. The van der Waals surface area contributed by atoms with Crippen LogP contribution < -0.4 is 11.1 Å². The van der Waals surface area contributed by atoms with Crippen LogP contribution in [0.3, 0.4) is 0 Å². The number of nitrogens with one attached hydrogen (secondary N) is 1. The van der Waals surface area contributed by atoms with E-state index in [2.05, 4.69) is 10.5 Å². The fourth-order valence-electron chi connectivity index (χ4n) is 2.65. The molecule has 1 aliphatic rings. The normalized spacial score (nSPS) is 18.4. The van der Waals surface area contributed by atoms with Crippen LogP contribution >= 0.6 is 0 Å². The summed E-state index contributed by atoms with van der Waals surface area (Å²) in [5.74, 6) is 1.29. The predicted octanol–water partition coefficient (Wildman–Crippen LogP) is 2.71. The molecule has 0 aliphatic heterocycles. The highest BCUT2D eigenvalue weighted by atomic mass is 16.4. The zero-order chi connectivity index (χ0) is 13.4. The van der Waals surface area contributed by atoms with Gasteiger partial charge in [0.25, 0.3) is 0 Å². The van der Waals surface area contributed by atoms with Gasteiger partial charge in [0.2, 0.25) is 0 Å². The Morgan fingerprint density at radius 2 is 2.00 bits per heavy atom. The van der Waals surface area contributed by atoms with Crippen LogP contribution in [-0.2, 0) is 0 Å². The van der Waals surface area contributed by atoms with Gasteiger partial charge in [-0.15, -0.1) is 0 Å². The standard InChI is InChI=1S/C14H29N3O/c1-14(2,13(15)17-18)9-5-10-16-11-8-12-6-3-4-7-12/h12,16,18H,3-11H2,1-2H3,(H2,15,17). The number of hydrogen-bond donors (Lipinski definition) is 3. The molecule has 0 bridgehead atoms. The van der Waals surface area contributed by atoms with Crippen molar-refractivity contribution in [1.29, 1.82) is 0 Å². The quantitative estimate of drug-likeness (QED) is 0.205. The summed E-state index contributed by atoms with van der Waals surface area (Å²) in [7, 11) is 0. The second-order valence-corrected chi connectivity index (χ2v) is 6.16. The van der Waals surface area contributed by atoms with Gasteiger partial charge in [0.15, 0.2) is 0 Å². The van der Waals surface area contributed by atoms with Gasteiger partial charge in [-0.3, -0.25) is 0 Å². The Bertz CT molecular complexity index is 258. The molecule has 4 heteroatoms. The molecule has 0 saturated heterocycles. The molecule has 0 atom stereocenters. The molecule has 1 fully saturated rings. The molecular formula is C14H29N3O. The molecule has 1 rings (SSSR count). The van der Waals surface area contributed by atoms with Crippen molar-refractivity contribution >= 4 is 5.84 Å². The van der Waals surface area contributed by atoms with Crippen molar-refractivity contribution in [1.82, 2.24) is 5.32 Å². The van der Waals surface area contributed by atoms with Gasteiger partial charge in [-0.25, -0.2) is 0 Å². The zero-order valence-corrected chi connectivity index (χ0v) is 11.9. The predicted molar refractivity (Wildman–Crippen MR) is 75.9 cm³/mol. The fourth-order valence-corrected chi connectivity index (χ4v) is 2.65. The minimum absolute atomic E-state index is 0.206. The topological polar surface area (TPSA) is 70.6 Å². The molecule has 106 valence electrons. The summed E-state index contributed by atoms with van der Waals surface area (Å²) in [6, 6.07) is 0. The first-order valence-electron chi connectivity index (χ1n) is 7.25. The van der Waals surface area contributed by atoms with Crippen LogP contribution in [0.1, 0.15) is 58.8 Å². The lowest BCUT2D eigenvalue weighted by molar-refractivity contribution is 0.304. The molecule has 0 radical (unpaired) electrons. The lowest BCUT2D eigenvalue weighted by atomic mass is 9.86. The second-order valence-electron chi connectivity index (χ2n) is 6.16. The SMILES string of the molecule is CC(C)(CCCNCCC1CCCC1)C(N)=NO. The maximum Gasteiger partial charge on any atom is 0.144 e. The highest BCUT2D eigenvalue weighted by Gasteiger charge is 2.22. The highest BCUT2D eigenvalue weighted by Crippen LogP contribution is 2.27. The van der Waals surface area contributed by atoms with E-state index >= 15 is 0 Å². The minimum Gasteiger partial charge on any atom is -0.409 e. The minimum atomic E-state index is -0.206. The molecule has 1 aliphatic carbocycles. The summed E-state index contributed by atoms with van der Waals surface area (Å²) >= 11 is 0. The van der Waals surface area contributed by atoms with E-state index in [-0.39, 0.29) is 5.41 Å². The Morgan fingerprint density at radius 1 is 1.33 bits per heavy atom. The van der Waals surface area contributed by atoms with Crippen LogP contribution in [0.2, 0.25) is 0 Å². The summed E-state index contributed by atoms with van der Waals surface area (Å²) < 4.78 is 0. The molecule has 4 N–H and O–H groups in total. The molecule has 0 aromatic heterocycles. The van der Waals surface area contributed by atoms with Gasteiger partial charge in [0.05, 0.1) is 0 Å². The van der Waals surface area contributed by atoms with Crippen molar-refractivity contribution in [2.75, 3.05) is 13.1 Å². The number of hydrogen-bond acceptors (Lipinski definition) is 3. The van der Waals surface area contributed by atoms with E-state index < -0.39 is 0 Å². The molecule has 0 spiro atoms. The Morgan fingerprint density at radius 3 is 2.61 bits per heavy atom. The van der Waals surface area contributed by atoms with Crippen LogP contribution in [0.4, 0.5) is 0 Å². The average molecular weight is 255 g/mol. The smallest absolute Gasteiger partial charge is 0.144 e. The van der Waals surface area contributed by atoms with Crippen molar-refractivity contribution in [2.45, 2.75) is 58.8 Å². The van der Waals surface area contributed by atoms with E-state index in [0.29, 0.717) is 5.84 Å².